The normalized spacial score (nSPS) is 12.4. The Kier molecular flexibility index (Phi) is 4.94. The fraction of sp³-hybridized carbons (Fsp3) is 0.312. The zero-order valence-corrected chi connectivity index (χ0v) is 12.1. The first-order chi connectivity index (χ1) is 9.24. The summed E-state index contributed by atoms with van der Waals surface area (Å²) in [6.45, 7) is 2.14. The highest BCUT2D eigenvalue weighted by atomic mass is 35.5. The van der Waals surface area contributed by atoms with Gasteiger partial charge in [-0.1, -0.05) is 42.8 Å². The monoisotopic (exact) mass is 274 g/mol. The molecule has 100 valence electrons. The first-order valence-corrected chi connectivity index (χ1v) is 6.98. The Balaban J connectivity index is 2.17. The summed E-state index contributed by atoms with van der Waals surface area (Å²) < 4.78 is 0. The Hall–Kier alpha value is -1.38. The van der Waals surface area contributed by atoms with Crippen LogP contribution in [0, 0.1) is 0 Å². The van der Waals surface area contributed by atoms with Crippen LogP contribution in [0.4, 0.5) is 0 Å². The lowest BCUT2D eigenvalue weighted by Gasteiger charge is -2.17. The maximum Gasteiger partial charge on any atom is 0.0453 e. The minimum absolute atomic E-state index is 0.189. The van der Waals surface area contributed by atoms with Crippen molar-refractivity contribution in [3.05, 3.63) is 64.4 Å². The van der Waals surface area contributed by atoms with Gasteiger partial charge in [0, 0.05) is 29.4 Å². The third-order valence-electron chi connectivity index (χ3n) is 3.34. The molecule has 0 saturated heterocycles. The number of aryl methyl sites for hydroxylation is 1. The molecule has 1 aromatic heterocycles. The Bertz CT molecular complexity index is 523. The molecular weight excluding hydrogens is 256 g/mol. The molecule has 0 aliphatic heterocycles. The molecule has 0 fully saturated rings. The number of nitrogens with one attached hydrogen (secondary N) is 1. The van der Waals surface area contributed by atoms with E-state index < -0.39 is 0 Å². The van der Waals surface area contributed by atoms with Crippen LogP contribution in [-0.2, 0) is 12.8 Å². The summed E-state index contributed by atoms with van der Waals surface area (Å²) in [5.74, 6) is 0. The summed E-state index contributed by atoms with van der Waals surface area (Å²) in [6, 6.07) is 12.4. The minimum Gasteiger partial charge on any atom is -0.313 e. The van der Waals surface area contributed by atoms with Gasteiger partial charge >= 0.3 is 0 Å². The molecule has 0 aliphatic carbocycles. The molecule has 1 N–H and O–H groups in total. The average molecular weight is 275 g/mol. The number of nitrogens with zero attached hydrogens (tertiary/aromatic N) is 1. The molecule has 2 rings (SSSR count). The molecule has 0 aliphatic rings. The van der Waals surface area contributed by atoms with Gasteiger partial charge in [-0.15, -0.1) is 0 Å². The number of aromatic nitrogens is 1. The zero-order valence-electron chi connectivity index (χ0n) is 11.4. The lowest BCUT2D eigenvalue weighted by Crippen LogP contribution is -2.19. The van der Waals surface area contributed by atoms with Crippen LogP contribution in [0.5, 0.6) is 0 Å². The van der Waals surface area contributed by atoms with Gasteiger partial charge in [0.2, 0.25) is 0 Å². The third kappa shape index (κ3) is 3.55. The van der Waals surface area contributed by atoms with Gasteiger partial charge in [0.1, 0.15) is 0 Å². The van der Waals surface area contributed by atoms with Crippen molar-refractivity contribution in [3.63, 3.8) is 0 Å². The minimum atomic E-state index is 0.189. The van der Waals surface area contributed by atoms with Gasteiger partial charge in [0.05, 0.1) is 0 Å². The van der Waals surface area contributed by atoms with Crippen molar-refractivity contribution < 1.29 is 0 Å². The summed E-state index contributed by atoms with van der Waals surface area (Å²) in [5, 5.41) is 4.11. The highest BCUT2D eigenvalue weighted by Gasteiger charge is 2.13. The Morgan fingerprint density at radius 1 is 1.21 bits per heavy atom. The molecule has 1 heterocycles. The topological polar surface area (TPSA) is 24.9 Å². The molecule has 19 heavy (non-hydrogen) atoms. The van der Waals surface area contributed by atoms with Gasteiger partial charge in [-0.05, 0) is 36.7 Å². The van der Waals surface area contributed by atoms with E-state index in [2.05, 4.69) is 35.4 Å². The van der Waals surface area contributed by atoms with E-state index in [-0.39, 0.29) is 6.04 Å². The summed E-state index contributed by atoms with van der Waals surface area (Å²) in [5.41, 5.74) is 3.46. The molecule has 0 spiro atoms. The van der Waals surface area contributed by atoms with Crippen molar-refractivity contribution in [1.82, 2.24) is 10.3 Å². The van der Waals surface area contributed by atoms with E-state index in [0.717, 1.165) is 29.1 Å². The number of hydrogen-bond donors (Lipinski definition) is 1. The summed E-state index contributed by atoms with van der Waals surface area (Å²) >= 11 is 6.25. The molecule has 2 aromatic rings. The van der Waals surface area contributed by atoms with E-state index in [4.69, 9.17) is 11.6 Å². The van der Waals surface area contributed by atoms with Crippen molar-refractivity contribution in [3.8, 4) is 0 Å². The second-order valence-corrected chi connectivity index (χ2v) is 4.99. The quantitative estimate of drug-likeness (QED) is 0.897. The van der Waals surface area contributed by atoms with E-state index in [1.54, 1.807) is 0 Å². The van der Waals surface area contributed by atoms with E-state index in [1.807, 2.05) is 31.4 Å². The standard InChI is InChI=1S/C16H19ClN2/c1-3-12-8-9-13(19-11-12)10-16(18-2)14-6-4-5-7-15(14)17/h4-9,11,16,18H,3,10H2,1-2H3. The number of halogens is 1. The van der Waals surface area contributed by atoms with E-state index >= 15 is 0 Å². The van der Waals surface area contributed by atoms with Crippen molar-refractivity contribution in [1.29, 1.82) is 0 Å². The number of benzene rings is 1. The van der Waals surface area contributed by atoms with Crippen LogP contribution in [0.25, 0.3) is 0 Å². The van der Waals surface area contributed by atoms with Crippen molar-refractivity contribution in [2.45, 2.75) is 25.8 Å². The van der Waals surface area contributed by atoms with Gasteiger partial charge in [-0.25, -0.2) is 0 Å². The largest absolute Gasteiger partial charge is 0.313 e. The van der Waals surface area contributed by atoms with Crippen molar-refractivity contribution >= 4 is 11.6 Å². The van der Waals surface area contributed by atoms with Crippen LogP contribution in [0.3, 0.4) is 0 Å². The summed E-state index contributed by atoms with van der Waals surface area (Å²) in [6.07, 6.45) is 3.81. The Labute approximate surface area is 119 Å². The number of hydrogen-bond acceptors (Lipinski definition) is 2. The fourth-order valence-corrected chi connectivity index (χ4v) is 2.39. The highest BCUT2D eigenvalue weighted by Crippen LogP contribution is 2.24. The SMILES string of the molecule is CCc1ccc(CC(NC)c2ccccc2Cl)nc1. The number of rotatable bonds is 5. The predicted octanol–water partition coefficient (Wildman–Crippen LogP) is 3.80. The van der Waals surface area contributed by atoms with Crippen molar-refractivity contribution in [2.24, 2.45) is 0 Å². The molecule has 1 aromatic carbocycles. The molecular formula is C16H19ClN2. The summed E-state index contributed by atoms with van der Waals surface area (Å²) in [4.78, 5) is 4.51. The maximum absolute atomic E-state index is 6.25. The zero-order chi connectivity index (χ0) is 13.7. The summed E-state index contributed by atoms with van der Waals surface area (Å²) in [7, 11) is 1.95. The van der Waals surface area contributed by atoms with Crippen LogP contribution in [0.2, 0.25) is 5.02 Å². The van der Waals surface area contributed by atoms with Crippen LogP contribution < -0.4 is 5.32 Å². The molecule has 0 amide bonds. The maximum atomic E-state index is 6.25. The van der Waals surface area contributed by atoms with Crippen LogP contribution in [0.1, 0.15) is 29.8 Å². The van der Waals surface area contributed by atoms with Crippen LogP contribution >= 0.6 is 11.6 Å². The lowest BCUT2D eigenvalue weighted by atomic mass is 10.0. The number of likely N-dealkylation sites (N-methyl/N-ethyl adjacent to an activating group) is 1. The average Bonchev–Trinajstić information content (AvgIpc) is 2.46. The lowest BCUT2D eigenvalue weighted by molar-refractivity contribution is 0.584. The number of pyridine rings is 1. The second-order valence-electron chi connectivity index (χ2n) is 4.58. The van der Waals surface area contributed by atoms with Gasteiger partial charge in [-0.2, -0.15) is 0 Å². The van der Waals surface area contributed by atoms with Crippen molar-refractivity contribution in [2.75, 3.05) is 7.05 Å². The molecule has 0 bridgehead atoms. The van der Waals surface area contributed by atoms with Gasteiger partial charge in [-0.3, -0.25) is 4.98 Å². The molecule has 0 radical (unpaired) electrons. The van der Waals surface area contributed by atoms with Gasteiger partial charge in [0.15, 0.2) is 0 Å². The second kappa shape index (κ2) is 6.69. The predicted molar refractivity (Wildman–Crippen MR) is 80.6 cm³/mol. The smallest absolute Gasteiger partial charge is 0.0453 e. The van der Waals surface area contributed by atoms with Crippen LogP contribution in [-0.4, -0.2) is 12.0 Å². The molecule has 1 unspecified atom stereocenters. The van der Waals surface area contributed by atoms with E-state index in [1.165, 1.54) is 5.56 Å². The van der Waals surface area contributed by atoms with Gasteiger partial charge < -0.3 is 5.32 Å². The first kappa shape index (κ1) is 14.0. The fourth-order valence-electron chi connectivity index (χ4n) is 2.12. The first-order valence-electron chi connectivity index (χ1n) is 6.60. The molecule has 2 nitrogen and oxygen atoms in total. The van der Waals surface area contributed by atoms with E-state index in [0.29, 0.717) is 0 Å². The molecule has 0 saturated carbocycles. The van der Waals surface area contributed by atoms with E-state index in [9.17, 15) is 0 Å². The molecule has 3 heteroatoms. The highest BCUT2D eigenvalue weighted by molar-refractivity contribution is 6.31. The Morgan fingerprint density at radius 3 is 2.58 bits per heavy atom. The van der Waals surface area contributed by atoms with Crippen LogP contribution in [0.15, 0.2) is 42.6 Å². The third-order valence-corrected chi connectivity index (χ3v) is 3.68. The Morgan fingerprint density at radius 2 is 2.00 bits per heavy atom. The van der Waals surface area contributed by atoms with Gasteiger partial charge in [0.25, 0.3) is 0 Å². The molecule has 1 atom stereocenters.